The average Bonchev–Trinajstić information content (AvgIpc) is 3.22. The zero-order chi connectivity index (χ0) is 42.1. The number of allylic oxidation sites excluding steroid dienone is 10. The second kappa shape index (κ2) is 49.0. The van der Waals surface area contributed by atoms with Crippen molar-refractivity contribution in [1.29, 1.82) is 0 Å². The molecule has 0 bridgehead atoms. The molecule has 1 unspecified atom stereocenters. The van der Waals surface area contributed by atoms with Crippen molar-refractivity contribution in [3.05, 3.63) is 60.8 Å². The predicted octanol–water partition coefficient (Wildman–Crippen LogP) is 16.6. The molecular formula is C53H94O5. The van der Waals surface area contributed by atoms with Crippen molar-refractivity contribution < 1.29 is 23.8 Å². The highest BCUT2D eigenvalue weighted by atomic mass is 16.6. The monoisotopic (exact) mass is 811 g/mol. The Hall–Kier alpha value is -2.40. The molecule has 0 aromatic carbocycles. The smallest absolute Gasteiger partial charge is 0.306 e. The van der Waals surface area contributed by atoms with Gasteiger partial charge >= 0.3 is 11.9 Å². The van der Waals surface area contributed by atoms with E-state index in [-0.39, 0.29) is 25.2 Å². The summed E-state index contributed by atoms with van der Waals surface area (Å²) in [6.07, 6.45) is 60.9. The van der Waals surface area contributed by atoms with Crippen LogP contribution in [-0.4, -0.2) is 37.9 Å². The molecule has 0 saturated carbocycles. The lowest BCUT2D eigenvalue weighted by atomic mass is 10.0. The van der Waals surface area contributed by atoms with Crippen LogP contribution in [0.4, 0.5) is 0 Å². The second-order valence-electron chi connectivity index (χ2n) is 16.4. The summed E-state index contributed by atoms with van der Waals surface area (Å²) < 4.78 is 17.3. The molecular weight excluding hydrogens is 717 g/mol. The van der Waals surface area contributed by atoms with Crippen LogP contribution in [0.5, 0.6) is 0 Å². The van der Waals surface area contributed by atoms with Crippen molar-refractivity contribution in [2.45, 2.75) is 245 Å². The standard InChI is InChI=1S/C53H94O5/c1-4-7-10-13-16-18-20-22-24-26-27-28-29-31-33-35-38-40-43-46-52(54)57-50-51(58-53(55)47-44-41-37-15-12-9-6-3)49-56-48-45-42-39-36-34-32-30-25-23-21-19-17-14-11-8-5-2/h7,10,16,18,22,24,27-28,31,33,51H,4-6,8-9,11-15,17,19-21,23,25-26,29-30,32,34-50H2,1-3H3/b10-7-,18-16-,24-22-,28-27-,33-31-. The fourth-order valence-electron chi connectivity index (χ4n) is 6.89. The molecule has 58 heavy (non-hydrogen) atoms. The Kier molecular flexibility index (Phi) is 46.9. The van der Waals surface area contributed by atoms with Crippen LogP contribution in [0.2, 0.25) is 0 Å². The topological polar surface area (TPSA) is 61.8 Å². The van der Waals surface area contributed by atoms with E-state index in [1.807, 2.05) is 0 Å². The zero-order valence-corrected chi connectivity index (χ0v) is 38.6. The molecule has 0 aliphatic carbocycles. The highest BCUT2D eigenvalue weighted by Crippen LogP contribution is 2.15. The highest BCUT2D eigenvalue weighted by molar-refractivity contribution is 5.70. The van der Waals surface area contributed by atoms with Gasteiger partial charge in [0.05, 0.1) is 6.61 Å². The molecule has 5 nitrogen and oxygen atoms in total. The van der Waals surface area contributed by atoms with Crippen LogP contribution in [0, 0.1) is 0 Å². The minimum absolute atomic E-state index is 0.0700. The molecule has 0 aromatic heterocycles. The fourth-order valence-corrected chi connectivity index (χ4v) is 6.89. The quantitative estimate of drug-likeness (QED) is 0.0348. The van der Waals surface area contributed by atoms with E-state index in [0.29, 0.717) is 19.4 Å². The molecule has 0 amide bonds. The third-order valence-electron chi connectivity index (χ3n) is 10.6. The number of unbranched alkanes of at least 4 members (excludes halogenated alkanes) is 24. The van der Waals surface area contributed by atoms with Gasteiger partial charge in [0.2, 0.25) is 0 Å². The summed E-state index contributed by atoms with van der Waals surface area (Å²) in [6.45, 7) is 7.67. The van der Waals surface area contributed by atoms with Crippen LogP contribution in [-0.2, 0) is 23.8 Å². The second-order valence-corrected chi connectivity index (χ2v) is 16.4. The van der Waals surface area contributed by atoms with Crippen molar-refractivity contribution in [2.75, 3.05) is 19.8 Å². The van der Waals surface area contributed by atoms with Crippen LogP contribution in [0.15, 0.2) is 60.8 Å². The van der Waals surface area contributed by atoms with Gasteiger partial charge in [-0.05, 0) is 64.2 Å². The molecule has 0 fully saturated rings. The Bertz CT molecular complexity index is 1010. The molecule has 0 rings (SSSR count). The van der Waals surface area contributed by atoms with Crippen molar-refractivity contribution in [3.63, 3.8) is 0 Å². The maximum atomic E-state index is 12.7. The SMILES string of the molecule is CC/C=C\C/C=C\C/C=C\C/C=C\C/C=C\CCCCCC(=O)OCC(COCCCCCCCCCCCCCCCCCC)OC(=O)CCCCCCCCC. The number of hydrogen-bond acceptors (Lipinski definition) is 5. The first-order chi connectivity index (χ1) is 28.6. The molecule has 336 valence electrons. The summed E-state index contributed by atoms with van der Waals surface area (Å²) in [5, 5.41) is 0. The van der Waals surface area contributed by atoms with Crippen LogP contribution in [0.25, 0.3) is 0 Å². The predicted molar refractivity (Wildman–Crippen MR) is 251 cm³/mol. The Morgan fingerprint density at radius 2 is 0.776 bits per heavy atom. The first-order valence-corrected chi connectivity index (χ1v) is 24.8. The first kappa shape index (κ1) is 55.6. The van der Waals surface area contributed by atoms with E-state index in [0.717, 1.165) is 83.5 Å². The summed E-state index contributed by atoms with van der Waals surface area (Å²) >= 11 is 0. The van der Waals surface area contributed by atoms with E-state index in [4.69, 9.17) is 14.2 Å². The van der Waals surface area contributed by atoms with Crippen LogP contribution >= 0.6 is 0 Å². The molecule has 0 N–H and O–H groups in total. The average molecular weight is 811 g/mol. The Balaban J connectivity index is 4.17. The molecule has 1 atom stereocenters. The minimum Gasteiger partial charge on any atom is -0.462 e. The minimum atomic E-state index is -0.544. The number of hydrogen-bond donors (Lipinski definition) is 0. The van der Waals surface area contributed by atoms with Gasteiger partial charge in [0, 0.05) is 19.4 Å². The third kappa shape index (κ3) is 46.3. The Labute approximate surface area is 360 Å². The summed E-state index contributed by atoms with van der Waals surface area (Å²) in [5.41, 5.74) is 0. The largest absolute Gasteiger partial charge is 0.462 e. The van der Waals surface area contributed by atoms with Crippen molar-refractivity contribution in [1.82, 2.24) is 0 Å². The van der Waals surface area contributed by atoms with Gasteiger partial charge in [-0.25, -0.2) is 0 Å². The number of rotatable bonds is 45. The van der Waals surface area contributed by atoms with Gasteiger partial charge in [-0.2, -0.15) is 0 Å². The number of carbonyl (C=O) groups excluding carboxylic acids is 2. The van der Waals surface area contributed by atoms with E-state index in [1.54, 1.807) is 0 Å². The van der Waals surface area contributed by atoms with E-state index in [2.05, 4.69) is 81.5 Å². The van der Waals surface area contributed by atoms with Crippen molar-refractivity contribution in [2.24, 2.45) is 0 Å². The maximum Gasteiger partial charge on any atom is 0.306 e. The maximum absolute atomic E-state index is 12.7. The van der Waals surface area contributed by atoms with Gasteiger partial charge in [-0.1, -0.05) is 223 Å². The summed E-state index contributed by atoms with van der Waals surface area (Å²) in [4.78, 5) is 25.2. The van der Waals surface area contributed by atoms with Gasteiger partial charge in [0.25, 0.3) is 0 Å². The zero-order valence-electron chi connectivity index (χ0n) is 38.6. The molecule has 0 heterocycles. The molecule has 5 heteroatoms. The number of ether oxygens (including phenoxy) is 3. The number of esters is 2. The van der Waals surface area contributed by atoms with Crippen LogP contribution in [0.3, 0.4) is 0 Å². The lowest BCUT2D eigenvalue weighted by molar-refractivity contribution is -0.163. The van der Waals surface area contributed by atoms with E-state index >= 15 is 0 Å². The summed E-state index contributed by atoms with van der Waals surface area (Å²) in [7, 11) is 0. The number of carbonyl (C=O) groups is 2. The van der Waals surface area contributed by atoms with E-state index in [1.165, 1.54) is 122 Å². The summed E-state index contributed by atoms with van der Waals surface area (Å²) in [6, 6.07) is 0. The van der Waals surface area contributed by atoms with Crippen LogP contribution < -0.4 is 0 Å². The van der Waals surface area contributed by atoms with E-state index in [9.17, 15) is 9.59 Å². The fraction of sp³-hybridized carbons (Fsp3) is 0.774. The molecule has 0 aromatic rings. The lowest BCUT2D eigenvalue weighted by Crippen LogP contribution is -2.30. The van der Waals surface area contributed by atoms with Crippen molar-refractivity contribution >= 4 is 11.9 Å². The van der Waals surface area contributed by atoms with Gasteiger partial charge in [-0.15, -0.1) is 0 Å². The molecule has 0 aliphatic heterocycles. The van der Waals surface area contributed by atoms with Gasteiger partial charge in [0.15, 0.2) is 6.10 Å². The Morgan fingerprint density at radius 3 is 1.24 bits per heavy atom. The van der Waals surface area contributed by atoms with E-state index < -0.39 is 6.10 Å². The van der Waals surface area contributed by atoms with Gasteiger partial charge < -0.3 is 14.2 Å². The first-order valence-electron chi connectivity index (χ1n) is 24.8. The van der Waals surface area contributed by atoms with Crippen molar-refractivity contribution in [3.8, 4) is 0 Å². The molecule has 0 radical (unpaired) electrons. The highest BCUT2D eigenvalue weighted by Gasteiger charge is 2.17. The Morgan fingerprint density at radius 1 is 0.397 bits per heavy atom. The van der Waals surface area contributed by atoms with Gasteiger partial charge in [-0.3, -0.25) is 9.59 Å². The van der Waals surface area contributed by atoms with Gasteiger partial charge in [0.1, 0.15) is 6.61 Å². The molecule has 0 saturated heterocycles. The summed E-state index contributed by atoms with van der Waals surface area (Å²) in [5.74, 6) is -0.434. The van der Waals surface area contributed by atoms with Crippen LogP contribution in [0.1, 0.15) is 239 Å². The molecule has 0 spiro atoms. The third-order valence-corrected chi connectivity index (χ3v) is 10.6. The normalized spacial score (nSPS) is 12.7. The lowest BCUT2D eigenvalue weighted by Gasteiger charge is -2.18. The molecule has 0 aliphatic rings.